The highest BCUT2D eigenvalue weighted by Gasteiger charge is 2.12. The number of rotatable bonds is 6. The number of aliphatic hydroxyl groups is 1. The summed E-state index contributed by atoms with van der Waals surface area (Å²) in [5.41, 5.74) is 3.17. The summed E-state index contributed by atoms with van der Waals surface area (Å²) in [7, 11) is 0. The average molecular weight is 318 g/mol. The summed E-state index contributed by atoms with van der Waals surface area (Å²) < 4.78 is 0. The third kappa shape index (κ3) is 4.58. The van der Waals surface area contributed by atoms with Gasteiger partial charge in [-0.15, -0.1) is 0 Å². The molecule has 0 saturated carbocycles. The van der Waals surface area contributed by atoms with Crippen molar-refractivity contribution in [1.82, 2.24) is 10.6 Å². The lowest BCUT2D eigenvalue weighted by molar-refractivity contribution is 0.173. The topological polar surface area (TPSA) is 61.4 Å². The summed E-state index contributed by atoms with van der Waals surface area (Å²) in [4.78, 5) is 11.9. The van der Waals surface area contributed by atoms with E-state index in [1.807, 2.05) is 35.9 Å². The van der Waals surface area contributed by atoms with E-state index in [-0.39, 0.29) is 18.6 Å². The van der Waals surface area contributed by atoms with Gasteiger partial charge < -0.3 is 15.7 Å². The lowest BCUT2D eigenvalue weighted by atomic mass is 10.1. The second-order valence-electron chi connectivity index (χ2n) is 5.24. The SMILES string of the molecule is CCc1ccc(C(C)NC(=O)NCC(O)c2ccsc2)cc1. The van der Waals surface area contributed by atoms with E-state index < -0.39 is 6.10 Å². The van der Waals surface area contributed by atoms with Crippen LogP contribution in [0.2, 0.25) is 0 Å². The van der Waals surface area contributed by atoms with Gasteiger partial charge in [0.25, 0.3) is 0 Å². The quantitative estimate of drug-likeness (QED) is 0.764. The second-order valence-corrected chi connectivity index (χ2v) is 6.02. The molecule has 2 unspecified atom stereocenters. The first-order chi connectivity index (χ1) is 10.6. The molecule has 0 aliphatic heterocycles. The molecule has 2 amide bonds. The number of carbonyl (C=O) groups excluding carboxylic acids is 1. The zero-order chi connectivity index (χ0) is 15.9. The highest BCUT2D eigenvalue weighted by Crippen LogP contribution is 2.16. The Morgan fingerprint density at radius 1 is 1.23 bits per heavy atom. The van der Waals surface area contributed by atoms with Gasteiger partial charge in [0.1, 0.15) is 0 Å². The molecule has 22 heavy (non-hydrogen) atoms. The predicted octanol–water partition coefficient (Wildman–Crippen LogP) is 3.40. The van der Waals surface area contributed by atoms with Gasteiger partial charge >= 0.3 is 6.03 Å². The van der Waals surface area contributed by atoms with E-state index in [2.05, 4.69) is 29.7 Å². The van der Waals surface area contributed by atoms with E-state index in [1.54, 1.807) is 0 Å². The molecule has 0 radical (unpaired) electrons. The fourth-order valence-electron chi connectivity index (χ4n) is 2.14. The van der Waals surface area contributed by atoms with Crippen LogP contribution in [0.4, 0.5) is 4.79 Å². The molecule has 0 aliphatic carbocycles. The number of hydrogen-bond acceptors (Lipinski definition) is 3. The van der Waals surface area contributed by atoms with Crippen molar-refractivity contribution in [3.63, 3.8) is 0 Å². The number of hydrogen-bond donors (Lipinski definition) is 3. The van der Waals surface area contributed by atoms with Crippen molar-refractivity contribution in [2.45, 2.75) is 32.4 Å². The number of aliphatic hydroxyl groups excluding tert-OH is 1. The number of benzene rings is 1. The second kappa shape index (κ2) is 7.96. The van der Waals surface area contributed by atoms with E-state index >= 15 is 0 Å². The summed E-state index contributed by atoms with van der Waals surface area (Å²) in [6.07, 6.45) is 0.333. The Kier molecular flexibility index (Phi) is 5.98. The van der Waals surface area contributed by atoms with Gasteiger partial charge in [-0.2, -0.15) is 11.3 Å². The first-order valence-corrected chi connectivity index (χ1v) is 8.37. The molecule has 0 bridgehead atoms. The Hall–Kier alpha value is -1.85. The van der Waals surface area contributed by atoms with Gasteiger partial charge in [0, 0.05) is 6.54 Å². The van der Waals surface area contributed by atoms with Crippen LogP contribution in [-0.4, -0.2) is 17.7 Å². The van der Waals surface area contributed by atoms with Crippen LogP contribution in [0, 0.1) is 0 Å². The van der Waals surface area contributed by atoms with E-state index in [9.17, 15) is 9.90 Å². The number of thiophene rings is 1. The highest BCUT2D eigenvalue weighted by atomic mass is 32.1. The molecule has 1 aromatic carbocycles. The minimum absolute atomic E-state index is 0.0794. The molecule has 0 spiro atoms. The Labute approximate surface area is 135 Å². The summed E-state index contributed by atoms with van der Waals surface area (Å²) in [5.74, 6) is 0. The lowest BCUT2D eigenvalue weighted by Gasteiger charge is -2.16. The average Bonchev–Trinajstić information content (AvgIpc) is 3.07. The predicted molar refractivity (Wildman–Crippen MR) is 90.0 cm³/mol. The molecule has 2 atom stereocenters. The van der Waals surface area contributed by atoms with Gasteiger partial charge in [-0.1, -0.05) is 31.2 Å². The summed E-state index contributed by atoms with van der Waals surface area (Å²) >= 11 is 1.52. The molecule has 2 aromatic rings. The van der Waals surface area contributed by atoms with Gasteiger partial charge in [0.05, 0.1) is 12.1 Å². The van der Waals surface area contributed by atoms with Gasteiger partial charge in [-0.05, 0) is 46.9 Å². The number of amides is 2. The van der Waals surface area contributed by atoms with Crippen molar-refractivity contribution < 1.29 is 9.90 Å². The van der Waals surface area contributed by atoms with Crippen LogP contribution < -0.4 is 10.6 Å². The maximum absolute atomic E-state index is 11.9. The lowest BCUT2D eigenvalue weighted by Crippen LogP contribution is -2.39. The van der Waals surface area contributed by atoms with Crippen molar-refractivity contribution in [3.05, 3.63) is 57.8 Å². The third-order valence-electron chi connectivity index (χ3n) is 3.62. The number of urea groups is 1. The van der Waals surface area contributed by atoms with Gasteiger partial charge in [-0.25, -0.2) is 4.79 Å². The Balaban J connectivity index is 1.80. The van der Waals surface area contributed by atoms with E-state index in [1.165, 1.54) is 16.9 Å². The largest absolute Gasteiger partial charge is 0.387 e. The van der Waals surface area contributed by atoms with E-state index in [4.69, 9.17) is 0 Å². The number of nitrogens with one attached hydrogen (secondary N) is 2. The Morgan fingerprint density at radius 2 is 1.95 bits per heavy atom. The fraction of sp³-hybridized carbons (Fsp3) is 0.353. The number of aryl methyl sites for hydroxylation is 1. The first kappa shape index (κ1) is 16.5. The fourth-order valence-corrected chi connectivity index (χ4v) is 2.85. The van der Waals surface area contributed by atoms with Crippen LogP contribution in [0.3, 0.4) is 0 Å². The van der Waals surface area contributed by atoms with Crippen LogP contribution in [0.25, 0.3) is 0 Å². The van der Waals surface area contributed by atoms with Crippen LogP contribution in [0.1, 0.15) is 42.7 Å². The van der Waals surface area contributed by atoms with Crippen molar-refractivity contribution >= 4 is 17.4 Å². The molecular weight excluding hydrogens is 296 g/mol. The highest BCUT2D eigenvalue weighted by molar-refractivity contribution is 7.07. The molecular formula is C17H22N2O2S. The molecule has 118 valence electrons. The van der Waals surface area contributed by atoms with E-state index in [0.29, 0.717) is 0 Å². The third-order valence-corrected chi connectivity index (χ3v) is 4.32. The summed E-state index contributed by atoms with van der Waals surface area (Å²) in [6, 6.07) is 9.71. The molecule has 2 rings (SSSR count). The summed E-state index contributed by atoms with van der Waals surface area (Å²) in [5, 5.41) is 19.3. The molecule has 4 nitrogen and oxygen atoms in total. The smallest absolute Gasteiger partial charge is 0.315 e. The molecule has 0 aliphatic rings. The molecule has 1 heterocycles. The zero-order valence-corrected chi connectivity index (χ0v) is 13.7. The maximum atomic E-state index is 11.9. The number of carbonyl (C=O) groups is 1. The van der Waals surface area contributed by atoms with Crippen LogP contribution in [0.5, 0.6) is 0 Å². The van der Waals surface area contributed by atoms with E-state index in [0.717, 1.165) is 17.5 Å². The normalized spacial score (nSPS) is 13.4. The van der Waals surface area contributed by atoms with Crippen LogP contribution >= 0.6 is 11.3 Å². The zero-order valence-electron chi connectivity index (χ0n) is 12.9. The molecule has 3 N–H and O–H groups in total. The van der Waals surface area contributed by atoms with Gasteiger partial charge in [0.15, 0.2) is 0 Å². The van der Waals surface area contributed by atoms with Crippen LogP contribution in [-0.2, 0) is 6.42 Å². The molecule has 1 aromatic heterocycles. The first-order valence-electron chi connectivity index (χ1n) is 7.43. The van der Waals surface area contributed by atoms with Crippen LogP contribution in [0.15, 0.2) is 41.1 Å². The molecule has 5 heteroatoms. The molecule has 0 fully saturated rings. The summed E-state index contributed by atoms with van der Waals surface area (Å²) in [6.45, 7) is 4.25. The van der Waals surface area contributed by atoms with Crippen molar-refractivity contribution in [2.75, 3.05) is 6.54 Å². The van der Waals surface area contributed by atoms with Crippen molar-refractivity contribution in [1.29, 1.82) is 0 Å². The van der Waals surface area contributed by atoms with Gasteiger partial charge in [0.2, 0.25) is 0 Å². The van der Waals surface area contributed by atoms with Crippen molar-refractivity contribution in [2.24, 2.45) is 0 Å². The van der Waals surface area contributed by atoms with Gasteiger partial charge in [-0.3, -0.25) is 0 Å². The Bertz CT molecular complexity index is 581. The minimum Gasteiger partial charge on any atom is -0.387 e. The maximum Gasteiger partial charge on any atom is 0.315 e. The molecule has 0 saturated heterocycles. The standard InChI is InChI=1S/C17H22N2O2S/c1-3-13-4-6-14(7-5-13)12(2)19-17(21)18-10-16(20)15-8-9-22-11-15/h4-9,11-12,16,20H,3,10H2,1-2H3,(H2,18,19,21). The van der Waals surface area contributed by atoms with Crippen molar-refractivity contribution in [3.8, 4) is 0 Å². The minimum atomic E-state index is -0.670. The Morgan fingerprint density at radius 3 is 2.55 bits per heavy atom. The monoisotopic (exact) mass is 318 g/mol.